The summed E-state index contributed by atoms with van der Waals surface area (Å²) in [5.41, 5.74) is 0.915. The standard InChI is InChI=1S/C17H29ClN6/c1-6-24-15(12-9-7-8-10-12)20-14(21-18)13-16(24)23(5)17(19-13)22(4)11(2)3/h11-12,14,21H,6-10H2,1-5H3. The average Bonchev–Trinajstić information content (AvgIpc) is 3.21. The highest BCUT2D eigenvalue weighted by atomic mass is 35.5. The lowest BCUT2D eigenvalue weighted by atomic mass is 10.0. The predicted octanol–water partition coefficient (Wildman–Crippen LogP) is 3.44. The van der Waals surface area contributed by atoms with Gasteiger partial charge in [0.15, 0.2) is 6.17 Å². The predicted molar refractivity (Wildman–Crippen MR) is 101 cm³/mol. The van der Waals surface area contributed by atoms with E-state index in [-0.39, 0.29) is 6.17 Å². The molecule has 1 aromatic rings. The molecule has 0 amide bonds. The molecular weight excluding hydrogens is 324 g/mol. The van der Waals surface area contributed by atoms with Crippen molar-refractivity contribution >= 4 is 29.4 Å². The average molecular weight is 353 g/mol. The zero-order chi connectivity index (χ0) is 17.4. The second kappa shape index (κ2) is 6.92. The number of rotatable bonds is 5. The second-order valence-corrected chi connectivity index (χ2v) is 7.33. The fourth-order valence-corrected chi connectivity index (χ4v) is 3.97. The molecule has 1 unspecified atom stereocenters. The Morgan fingerprint density at radius 2 is 2.00 bits per heavy atom. The Balaban J connectivity index is 2.07. The highest BCUT2D eigenvalue weighted by Gasteiger charge is 2.36. The first kappa shape index (κ1) is 17.5. The molecule has 6 nitrogen and oxygen atoms in total. The van der Waals surface area contributed by atoms with Gasteiger partial charge in [0.05, 0.1) is 0 Å². The van der Waals surface area contributed by atoms with Gasteiger partial charge in [-0.1, -0.05) is 12.8 Å². The number of nitrogens with one attached hydrogen (secondary N) is 1. The molecule has 3 rings (SSSR count). The monoisotopic (exact) mass is 352 g/mol. The summed E-state index contributed by atoms with van der Waals surface area (Å²) in [6.45, 7) is 7.41. The number of imidazole rings is 1. The van der Waals surface area contributed by atoms with Crippen molar-refractivity contribution in [2.24, 2.45) is 18.0 Å². The molecule has 1 atom stereocenters. The summed E-state index contributed by atoms with van der Waals surface area (Å²) < 4.78 is 2.18. The van der Waals surface area contributed by atoms with Gasteiger partial charge in [-0.3, -0.25) is 4.57 Å². The minimum Gasteiger partial charge on any atom is -0.343 e. The van der Waals surface area contributed by atoms with Gasteiger partial charge in [0.25, 0.3) is 0 Å². The zero-order valence-corrected chi connectivity index (χ0v) is 16.1. The van der Waals surface area contributed by atoms with Crippen LogP contribution in [0.2, 0.25) is 0 Å². The van der Waals surface area contributed by atoms with Crippen molar-refractivity contribution in [1.82, 2.24) is 14.4 Å². The number of halogens is 1. The zero-order valence-electron chi connectivity index (χ0n) is 15.4. The first-order valence-electron chi connectivity index (χ1n) is 9.00. The summed E-state index contributed by atoms with van der Waals surface area (Å²) in [5, 5.41) is 0. The van der Waals surface area contributed by atoms with Gasteiger partial charge in [0, 0.05) is 32.6 Å². The SMILES string of the molecule is CCN1C(C2CCCC2)=NC(NCl)c2nc(N(C)C(C)C)n(C)c21. The third kappa shape index (κ3) is 2.80. The van der Waals surface area contributed by atoms with Crippen LogP contribution in [0.15, 0.2) is 4.99 Å². The van der Waals surface area contributed by atoms with Crippen LogP contribution < -0.4 is 14.6 Å². The molecule has 1 saturated carbocycles. The molecule has 134 valence electrons. The largest absolute Gasteiger partial charge is 0.343 e. The lowest BCUT2D eigenvalue weighted by Crippen LogP contribution is -2.41. The van der Waals surface area contributed by atoms with Crippen LogP contribution in [-0.4, -0.2) is 35.0 Å². The van der Waals surface area contributed by atoms with E-state index in [1.165, 1.54) is 31.5 Å². The third-order valence-corrected chi connectivity index (χ3v) is 5.56. The summed E-state index contributed by atoms with van der Waals surface area (Å²) in [4.78, 5) is 17.2. The topological polar surface area (TPSA) is 48.7 Å². The number of nitrogens with zero attached hydrogens (tertiary/aromatic N) is 5. The lowest BCUT2D eigenvalue weighted by molar-refractivity contribution is 0.625. The van der Waals surface area contributed by atoms with Gasteiger partial charge >= 0.3 is 0 Å². The molecule has 1 N–H and O–H groups in total. The summed E-state index contributed by atoms with van der Waals surface area (Å²) in [6.07, 6.45) is 4.74. The van der Waals surface area contributed by atoms with Gasteiger partial charge in [-0.25, -0.2) is 14.8 Å². The van der Waals surface area contributed by atoms with Gasteiger partial charge in [-0.2, -0.15) is 0 Å². The van der Waals surface area contributed by atoms with E-state index in [4.69, 9.17) is 21.8 Å². The Morgan fingerprint density at radius 3 is 2.54 bits per heavy atom. The molecule has 1 fully saturated rings. The number of hydrogen-bond acceptors (Lipinski definition) is 5. The van der Waals surface area contributed by atoms with E-state index in [0.717, 1.165) is 24.0 Å². The van der Waals surface area contributed by atoms with Gasteiger partial charge in [-0.15, -0.1) is 0 Å². The number of aromatic nitrogens is 2. The van der Waals surface area contributed by atoms with E-state index in [9.17, 15) is 0 Å². The molecular formula is C17H29ClN6. The summed E-state index contributed by atoms with van der Waals surface area (Å²) in [5.74, 6) is 3.78. The molecule has 7 heteroatoms. The smallest absolute Gasteiger partial charge is 0.207 e. The minimum atomic E-state index is -0.277. The maximum absolute atomic E-state index is 6.04. The van der Waals surface area contributed by atoms with E-state index in [2.05, 4.69) is 54.1 Å². The van der Waals surface area contributed by atoms with Crippen LogP contribution >= 0.6 is 11.8 Å². The van der Waals surface area contributed by atoms with Crippen LogP contribution in [0.3, 0.4) is 0 Å². The molecule has 24 heavy (non-hydrogen) atoms. The van der Waals surface area contributed by atoms with Crippen molar-refractivity contribution in [3.8, 4) is 0 Å². The molecule has 1 aliphatic carbocycles. The Morgan fingerprint density at radius 1 is 1.33 bits per heavy atom. The van der Waals surface area contributed by atoms with Crippen molar-refractivity contribution in [2.45, 2.75) is 58.7 Å². The molecule has 0 spiro atoms. The highest BCUT2D eigenvalue weighted by Crippen LogP contribution is 2.39. The number of anilines is 2. The highest BCUT2D eigenvalue weighted by molar-refractivity contribution is 6.14. The van der Waals surface area contributed by atoms with Gasteiger partial charge in [0.1, 0.15) is 17.3 Å². The fraction of sp³-hybridized carbons (Fsp3) is 0.765. The maximum Gasteiger partial charge on any atom is 0.207 e. The Bertz CT molecular complexity index is 617. The maximum atomic E-state index is 6.04. The van der Waals surface area contributed by atoms with Gasteiger partial charge in [0.2, 0.25) is 5.95 Å². The van der Waals surface area contributed by atoms with Gasteiger partial charge < -0.3 is 9.80 Å². The Hall–Kier alpha value is -1.27. The molecule has 1 aromatic heterocycles. The Kier molecular flexibility index (Phi) is 5.06. The van der Waals surface area contributed by atoms with Crippen molar-refractivity contribution < 1.29 is 0 Å². The summed E-state index contributed by atoms with van der Waals surface area (Å²) >= 11 is 6.04. The molecule has 2 aliphatic rings. The fourth-order valence-electron chi connectivity index (χ4n) is 3.82. The molecule has 0 bridgehead atoms. The lowest BCUT2D eigenvalue weighted by Gasteiger charge is -2.34. The molecule has 0 saturated heterocycles. The van der Waals surface area contributed by atoms with Crippen LogP contribution in [-0.2, 0) is 7.05 Å². The summed E-state index contributed by atoms with van der Waals surface area (Å²) in [7, 11) is 4.17. The van der Waals surface area contributed by atoms with Crippen LogP contribution in [0.5, 0.6) is 0 Å². The second-order valence-electron chi connectivity index (χ2n) is 7.11. The molecule has 2 heterocycles. The van der Waals surface area contributed by atoms with Crippen molar-refractivity contribution in [3.63, 3.8) is 0 Å². The third-order valence-electron chi connectivity index (χ3n) is 5.35. The van der Waals surface area contributed by atoms with Gasteiger partial charge in [-0.05, 0) is 45.4 Å². The Labute approximate surface area is 150 Å². The van der Waals surface area contributed by atoms with Crippen LogP contribution in [0.25, 0.3) is 0 Å². The van der Waals surface area contributed by atoms with E-state index in [1.807, 2.05) is 0 Å². The number of aliphatic imine (C=N–C) groups is 1. The van der Waals surface area contributed by atoms with E-state index in [1.54, 1.807) is 0 Å². The molecule has 0 radical (unpaired) electrons. The molecule has 0 aromatic carbocycles. The van der Waals surface area contributed by atoms with Crippen LogP contribution in [0.4, 0.5) is 11.8 Å². The van der Waals surface area contributed by atoms with E-state index < -0.39 is 0 Å². The van der Waals surface area contributed by atoms with E-state index >= 15 is 0 Å². The quantitative estimate of drug-likeness (QED) is 0.825. The van der Waals surface area contributed by atoms with Crippen molar-refractivity contribution in [2.75, 3.05) is 23.4 Å². The summed E-state index contributed by atoms with van der Waals surface area (Å²) in [6, 6.07) is 0.375. The van der Waals surface area contributed by atoms with Crippen molar-refractivity contribution in [1.29, 1.82) is 0 Å². The number of amidine groups is 1. The number of fused-ring (bicyclic) bond motifs is 1. The van der Waals surface area contributed by atoms with Crippen molar-refractivity contribution in [3.05, 3.63) is 5.69 Å². The number of hydrogen-bond donors (Lipinski definition) is 1. The molecule has 1 aliphatic heterocycles. The van der Waals surface area contributed by atoms with Crippen LogP contribution in [0, 0.1) is 5.92 Å². The van der Waals surface area contributed by atoms with Crippen LogP contribution in [0.1, 0.15) is 58.3 Å². The minimum absolute atomic E-state index is 0.277. The first-order chi connectivity index (χ1) is 11.5. The first-order valence-corrected chi connectivity index (χ1v) is 9.38. The van der Waals surface area contributed by atoms with E-state index in [0.29, 0.717) is 12.0 Å². The normalized spacial score (nSPS) is 21.4.